The maximum atomic E-state index is 3.61. The van der Waals surface area contributed by atoms with E-state index in [-0.39, 0.29) is 0 Å². The topological polar surface area (TPSA) is 0 Å². The lowest BCUT2D eigenvalue weighted by Crippen LogP contribution is -2.17. The van der Waals surface area contributed by atoms with Gasteiger partial charge >= 0.3 is 0 Å². The van der Waals surface area contributed by atoms with Crippen LogP contribution in [0, 0.1) is 11.5 Å². The van der Waals surface area contributed by atoms with E-state index in [1.165, 1.54) is 16.7 Å². The predicted molar refractivity (Wildman–Crippen MR) is 102 cm³/mol. The monoisotopic (exact) mass is 354 g/mol. The lowest BCUT2D eigenvalue weighted by Gasteiger charge is -2.24. The highest BCUT2D eigenvalue weighted by atomic mass is 33.1. The van der Waals surface area contributed by atoms with Crippen molar-refractivity contribution in [3.63, 3.8) is 0 Å². The van der Waals surface area contributed by atoms with Gasteiger partial charge in [-0.2, -0.15) is 0 Å². The molecule has 2 heterocycles. The van der Waals surface area contributed by atoms with Gasteiger partial charge in [-0.05, 0) is 22.3 Å². The Morgan fingerprint density at radius 2 is 1.35 bits per heavy atom. The third-order valence-corrected chi connectivity index (χ3v) is 8.59. The molecule has 3 rings (SSSR count). The Balaban J connectivity index is 2.15. The summed E-state index contributed by atoms with van der Waals surface area (Å²) >= 11 is 0. The maximum absolute atomic E-state index is 3.61. The van der Waals surface area contributed by atoms with Gasteiger partial charge in [0.05, 0.1) is 0 Å². The molecule has 0 nitrogen and oxygen atoms in total. The molecule has 0 fully saturated rings. The fraction of sp³-hybridized carbons (Fsp3) is 0.467. The van der Waals surface area contributed by atoms with E-state index >= 15 is 0 Å². The minimum atomic E-state index is -1.32. The Hall–Kier alpha value is 0.397. The lowest BCUT2D eigenvalue weighted by atomic mass is 9.94. The second-order valence-corrected chi connectivity index (χ2v) is 15.8. The van der Waals surface area contributed by atoms with Crippen molar-refractivity contribution < 1.29 is 0 Å². The molecule has 0 aliphatic carbocycles. The van der Waals surface area contributed by atoms with Crippen LogP contribution in [0.3, 0.4) is 0 Å². The van der Waals surface area contributed by atoms with Crippen LogP contribution in [-0.4, -0.2) is 8.07 Å². The van der Waals surface area contributed by atoms with E-state index in [1.54, 1.807) is 11.1 Å². The summed E-state index contributed by atoms with van der Waals surface area (Å²) in [6.45, 7) is 6.99. The van der Waals surface area contributed by atoms with E-state index in [9.17, 15) is 0 Å². The molecule has 2 aliphatic heterocycles. The van der Waals surface area contributed by atoms with E-state index < -0.39 is 8.07 Å². The molecule has 0 unspecified atom stereocenters. The normalized spacial score (nSPS) is 17.8. The summed E-state index contributed by atoms with van der Waals surface area (Å²) in [6.07, 6.45) is 0. The second-order valence-electron chi connectivity index (χ2n) is 6.08. The van der Waals surface area contributed by atoms with Crippen LogP contribution in [-0.2, 0) is 23.0 Å². The molecule has 0 saturated heterocycles. The van der Waals surface area contributed by atoms with Crippen LogP contribution in [0.1, 0.15) is 27.8 Å². The lowest BCUT2D eigenvalue weighted by molar-refractivity contribution is 1.17. The van der Waals surface area contributed by atoms with E-state index in [0.29, 0.717) is 0 Å². The van der Waals surface area contributed by atoms with Crippen molar-refractivity contribution in [2.45, 2.75) is 42.7 Å². The largest absolute Gasteiger partial charge is 0.129 e. The molecule has 0 saturated carbocycles. The highest BCUT2D eigenvalue weighted by molar-refractivity contribution is 8.76. The van der Waals surface area contributed by atoms with Crippen LogP contribution in [0.4, 0.5) is 0 Å². The molecule has 0 aromatic heterocycles. The maximum Gasteiger partial charge on any atom is 0.129 e. The third-order valence-electron chi connectivity index (χ3n) is 3.29. The van der Waals surface area contributed by atoms with Crippen molar-refractivity contribution in [2.75, 3.05) is 0 Å². The van der Waals surface area contributed by atoms with Crippen molar-refractivity contribution in [3.8, 4) is 11.5 Å². The minimum Gasteiger partial charge on any atom is -0.127 e. The minimum absolute atomic E-state index is 1.13. The van der Waals surface area contributed by atoms with E-state index in [0.717, 1.165) is 23.0 Å². The zero-order valence-corrected chi connectivity index (χ0v) is 16.3. The van der Waals surface area contributed by atoms with Crippen molar-refractivity contribution >= 4 is 51.2 Å². The Morgan fingerprint density at radius 1 is 0.850 bits per heavy atom. The number of hydrogen-bond acceptors (Lipinski definition) is 4. The SMILES string of the molecule is C[Si](C)(C)C#Cc1c2c(cc3c1CSSC3)CSSC2. The molecule has 0 spiro atoms. The molecule has 2 aliphatic rings. The van der Waals surface area contributed by atoms with E-state index in [2.05, 4.69) is 37.2 Å². The molecular weight excluding hydrogens is 337 g/mol. The Bertz CT molecular complexity index is 558. The van der Waals surface area contributed by atoms with Crippen LogP contribution < -0.4 is 0 Å². The molecule has 106 valence electrons. The molecule has 0 atom stereocenters. The summed E-state index contributed by atoms with van der Waals surface area (Å²) in [4.78, 5) is 0. The Kier molecular flexibility index (Phi) is 4.78. The molecule has 20 heavy (non-hydrogen) atoms. The van der Waals surface area contributed by atoms with E-state index in [4.69, 9.17) is 0 Å². The quantitative estimate of drug-likeness (QED) is 0.332. The second kappa shape index (κ2) is 6.25. The molecule has 1 aromatic carbocycles. The van der Waals surface area contributed by atoms with Crippen LogP contribution in [0.5, 0.6) is 0 Å². The predicted octanol–water partition coefficient (Wildman–Crippen LogP) is 5.71. The van der Waals surface area contributed by atoms with Gasteiger partial charge in [0.1, 0.15) is 8.07 Å². The smallest absolute Gasteiger partial charge is 0.127 e. The fourth-order valence-corrected chi connectivity index (χ4v) is 7.25. The molecule has 0 amide bonds. The number of hydrogen-bond donors (Lipinski definition) is 0. The first-order chi connectivity index (χ1) is 9.54. The van der Waals surface area contributed by atoms with Gasteiger partial charge in [-0.3, -0.25) is 0 Å². The standard InChI is InChI=1S/C15H18S4Si/c1-20(2,3)5-4-13-14-9-18-16-7-11(14)6-12-8-17-19-10-15(12)13/h6H,7-10H2,1-3H3. The Morgan fingerprint density at radius 3 is 1.85 bits per heavy atom. The summed E-state index contributed by atoms with van der Waals surface area (Å²) in [5.74, 6) is 8.15. The van der Waals surface area contributed by atoms with Gasteiger partial charge in [-0.1, -0.05) is 74.8 Å². The van der Waals surface area contributed by atoms with Gasteiger partial charge in [0, 0.05) is 28.6 Å². The van der Waals surface area contributed by atoms with Crippen molar-refractivity contribution in [1.82, 2.24) is 0 Å². The average Bonchev–Trinajstić information content (AvgIpc) is 2.42. The first-order valence-corrected chi connectivity index (χ1v) is 15.2. The third kappa shape index (κ3) is 3.41. The Labute approximate surface area is 138 Å². The first kappa shape index (κ1) is 15.3. The molecule has 0 N–H and O–H groups in total. The molecule has 0 bridgehead atoms. The average molecular weight is 355 g/mol. The van der Waals surface area contributed by atoms with Gasteiger partial charge in [-0.15, -0.1) is 5.54 Å². The zero-order valence-electron chi connectivity index (χ0n) is 12.0. The van der Waals surface area contributed by atoms with Crippen LogP contribution >= 0.6 is 43.2 Å². The van der Waals surface area contributed by atoms with Gasteiger partial charge < -0.3 is 0 Å². The van der Waals surface area contributed by atoms with Gasteiger partial charge in [0.25, 0.3) is 0 Å². The highest BCUT2D eigenvalue weighted by Crippen LogP contribution is 2.45. The summed E-state index contributed by atoms with van der Waals surface area (Å²) in [6, 6.07) is 2.46. The van der Waals surface area contributed by atoms with Gasteiger partial charge in [0.2, 0.25) is 0 Å². The summed E-state index contributed by atoms with van der Waals surface area (Å²) < 4.78 is 0. The van der Waals surface area contributed by atoms with E-state index in [1.807, 2.05) is 43.2 Å². The van der Waals surface area contributed by atoms with Gasteiger partial charge in [0.15, 0.2) is 0 Å². The number of rotatable bonds is 0. The van der Waals surface area contributed by atoms with Crippen LogP contribution in [0.15, 0.2) is 6.07 Å². The first-order valence-electron chi connectivity index (χ1n) is 6.73. The van der Waals surface area contributed by atoms with Crippen LogP contribution in [0.25, 0.3) is 0 Å². The number of fused-ring (bicyclic) bond motifs is 2. The molecule has 1 aromatic rings. The summed E-state index contributed by atoms with van der Waals surface area (Å²) in [7, 11) is 6.62. The molecule has 0 radical (unpaired) electrons. The van der Waals surface area contributed by atoms with Crippen LogP contribution in [0.2, 0.25) is 19.6 Å². The molecule has 5 heteroatoms. The van der Waals surface area contributed by atoms with Gasteiger partial charge in [-0.25, -0.2) is 0 Å². The highest BCUT2D eigenvalue weighted by Gasteiger charge is 2.22. The summed E-state index contributed by atoms with van der Waals surface area (Å²) in [5, 5.41) is 0. The molecular formula is C15H18S4Si. The van der Waals surface area contributed by atoms with Crippen molar-refractivity contribution in [3.05, 3.63) is 33.9 Å². The summed E-state index contributed by atoms with van der Waals surface area (Å²) in [5.41, 5.74) is 11.1. The fourth-order valence-electron chi connectivity index (χ4n) is 2.29. The zero-order chi connectivity index (χ0) is 14.2. The number of benzene rings is 1. The van der Waals surface area contributed by atoms with Crippen molar-refractivity contribution in [2.24, 2.45) is 0 Å². The van der Waals surface area contributed by atoms with Crippen molar-refractivity contribution in [1.29, 1.82) is 0 Å².